The smallest absolute Gasteiger partial charge is 0.268 e. The molecule has 164 valence electrons. The van der Waals surface area contributed by atoms with E-state index in [2.05, 4.69) is 15.0 Å². The molecule has 5 aromatic rings. The molecular weight excluding hydrogens is 449 g/mol. The van der Waals surface area contributed by atoms with Gasteiger partial charge in [-0.15, -0.1) is 0 Å². The van der Waals surface area contributed by atoms with Gasteiger partial charge >= 0.3 is 6.18 Å². The SMILES string of the molecule is O=c1c2ccccc2nc(CSc2ncnc3ccccc23)n1-c1ccccc1C(F)(F)F. The highest BCUT2D eigenvalue weighted by atomic mass is 32.2. The first-order valence-electron chi connectivity index (χ1n) is 9.93. The summed E-state index contributed by atoms with van der Waals surface area (Å²) in [4.78, 5) is 26.5. The van der Waals surface area contributed by atoms with Crippen LogP contribution in [0.1, 0.15) is 11.4 Å². The van der Waals surface area contributed by atoms with Crippen molar-refractivity contribution in [1.29, 1.82) is 0 Å². The predicted molar refractivity (Wildman–Crippen MR) is 121 cm³/mol. The molecule has 0 unspecified atom stereocenters. The number of halogens is 3. The summed E-state index contributed by atoms with van der Waals surface area (Å²) < 4.78 is 42.4. The topological polar surface area (TPSA) is 60.7 Å². The molecule has 33 heavy (non-hydrogen) atoms. The molecule has 0 radical (unpaired) electrons. The summed E-state index contributed by atoms with van der Waals surface area (Å²) in [7, 11) is 0. The third kappa shape index (κ3) is 3.95. The Bertz CT molecular complexity index is 1540. The molecular formula is C24H15F3N4OS. The fourth-order valence-electron chi connectivity index (χ4n) is 3.66. The van der Waals surface area contributed by atoms with Crippen molar-refractivity contribution in [1.82, 2.24) is 19.5 Å². The van der Waals surface area contributed by atoms with Gasteiger partial charge in [0.1, 0.15) is 17.2 Å². The van der Waals surface area contributed by atoms with Crippen LogP contribution in [-0.2, 0) is 11.9 Å². The molecule has 0 atom stereocenters. The van der Waals surface area contributed by atoms with E-state index < -0.39 is 17.3 Å². The van der Waals surface area contributed by atoms with Crippen molar-refractivity contribution in [3.63, 3.8) is 0 Å². The molecule has 0 N–H and O–H groups in total. The number of para-hydroxylation sites is 3. The summed E-state index contributed by atoms with van der Waals surface area (Å²) in [6.07, 6.45) is -3.19. The first-order valence-corrected chi connectivity index (χ1v) is 10.9. The molecule has 0 fully saturated rings. The van der Waals surface area contributed by atoms with Gasteiger partial charge in [0.25, 0.3) is 5.56 Å². The minimum absolute atomic E-state index is 0.132. The maximum absolute atomic E-state index is 13.8. The van der Waals surface area contributed by atoms with Crippen LogP contribution in [0.4, 0.5) is 13.2 Å². The van der Waals surface area contributed by atoms with Crippen molar-refractivity contribution in [3.8, 4) is 5.69 Å². The first kappa shape index (κ1) is 21.1. The van der Waals surface area contributed by atoms with E-state index in [1.165, 1.54) is 36.3 Å². The molecule has 9 heteroatoms. The molecule has 2 aromatic heterocycles. The van der Waals surface area contributed by atoms with Gasteiger partial charge < -0.3 is 0 Å². The highest BCUT2D eigenvalue weighted by Crippen LogP contribution is 2.34. The normalized spacial score (nSPS) is 11.8. The van der Waals surface area contributed by atoms with Gasteiger partial charge in [0.15, 0.2) is 0 Å². The lowest BCUT2D eigenvalue weighted by molar-refractivity contribution is -0.137. The summed E-state index contributed by atoms with van der Waals surface area (Å²) in [6.45, 7) is 0. The summed E-state index contributed by atoms with van der Waals surface area (Å²) in [5, 5.41) is 1.71. The zero-order chi connectivity index (χ0) is 23.0. The number of aromatic nitrogens is 4. The Morgan fingerprint density at radius 1 is 0.818 bits per heavy atom. The Morgan fingerprint density at radius 2 is 1.48 bits per heavy atom. The van der Waals surface area contributed by atoms with Crippen molar-refractivity contribution in [3.05, 3.63) is 101 Å². The lowest BCUT2D eigenvalue weighted by Gasteiger charge is -2.18. The summed E-state index contributed by atoms with van der Waals surface area (Å²) in [5.41, 5.74) is -0.535. The van der Waals surface area contributed by atoms with Gasteiger partial charge in [-0.05, 0) is 30.3 Å². The van der Waals surface area contributed by atoms with Crippen LogP contribution < -0.4 is 5.56 Å². The molecule has 0 bridgehead atoms. The molecule has 0 saturated heterocycles. The van der Waals surface area contributed by atoms with E-state index in [4.69, 9.17) is 0 Å². The van der Waals surface area contributed by atoms with Crippen molar-refractivity contribution in [2.45, 2.75) is 17.0 Å². The van der Waals surface area contributed by atoms with Crippen LogP contribution in [0.2, 0.25) is 0 Å². The van der Waals surface area contributed by atoms with E-state index in [1.807, 2.05) is 24.3 Å². The van der Waals surface area contributed by atoms with Gasteiger partial charge in [-0.3, -0.25) is 9.36 Å². The van der Waals surface area contributed by atoms with Crippen molar-refractivity contribution >= 4 is 33.6 Å². The van der Waals surface area contributed by atoms with Crippen LogP contribution in [0.5, 0.6) is 0 Å². The number of benzene rings is 3. The second-order valence-corrected chi connectivity index (χ2v) is 8.15. The summed E-state index contributed by atoms with van der Waals surface area (Å²) in [5.74, 6) is 0.330. The minimum atomic E-state index is -4.63. The summed E-state index contributed by atoms with van der Waals surface area (Å²) >= 11 is 1.29. The number of alkyl halides is 3. The Balaban J connectivity index is 1.69. The molecule has 0 amide bonds. The van der Waals surface area contributed by atoms with E-state index in [1.54, 1.807) is 24.3 Å². The van der Waals surface area contributed by atoms with Gasteiger partial charge in [0.2, 0.25) is 0 Å². The molecule has 0 aliphatic carbocycles. The fourth-order valence-corrected chi connectivity index (χ4v) is 4.57. The largest absolute Gasteiger partial charge is 0.418 e. The van der Waals surface area contributed by atoms with Crippen molar-refractivity contribution in [2.24, 2.45) is 0 Å². The number of nitrogens with zero attached hydrogens (tertiary/aromatic N) is 4. The first-order chi connectivity index (χ1) is 15.9. The third-order valence-electron chi connectivity index (χ3n) is 5.14. The molecule has 0 aliphatic rings. The molecule has 0 saturated carbocycles. The highest BCUT2D eigenvalue weighted by molar-refractivity contribution is 7.98. The maximum atomic E-state index is 13.8. The number of fused-ring (bicyclic) bond motifs is 2. The van der Waals surface area contributed by atoms with Crippen LogP contribution in [0.15, 0.2) is 88.9 Å². The second kappa shape index (κ2) is 8.32. The number of hydrogen-bond donors (Lipinski definition) is 0. The monoisotopic (exact) mass is 464 g/mol. The standard InChI is InChI=1S/C24H15F3N4OS/c25-24(26,27)17-9-3-6-12-20(17)31-21(30-19-11-5-2-8-16(19)23(31)32)13-33-22-15-7-1-4-10-18(15)28-14-29-22/h1-12,14H,13H2. The number of thioether (sulfide) groups is 1. The second-order valence-electron chi connectivity index (χ2n) is 7.19. The van der Waals surface area contributed by atoms with Crippen molar-refractivity contribution in [2.75, 3.05) is 0 Å². The van der Waals surface area contributed by atoms with Gasteiger partial charge in [0.05, 0.1) is 33.4 Å². The predicted octanol–water partition coefficient (Wildman–Crippen LogP) is 5.64. The van der Waals surface area contributed by atoms with E-state index in [0.717, 1.165) is 21.5 Å². The average Bonchev–Trinajstić information content (AvgIpc) is 2.82. The van der Waals surface area contributed by atoms with Crippen LogP contribution in [0.25, 0.3) is 27.5 Å². The van der Waals surface area contributed by atoms with Crippen LogP contribution in [0.3, 0.4) is 0 Å². The quantitative estimate of drug-likeness (QED) is 0.255. The van der Waals surface area contributed by atoms with E-state index >= 15 is 0 Å². The van der Waals surface area contributed by atoms with Gasteiger partial charge in [-0.1, -0.05) is 54.2 Å². The Kier molecular flexibility index (Phi) is 5.33. The third-order valence-corrected chi connectivity index (χ3v) is 6.14. The van der Waals surface area contributed by atoms with Gasteiger partial charge in [-0.2, -0.15) is 13.2 Å². The van der Waals surface area contributed by atoms with Crippen molar-refractivity contribution < 1.29 is 13.2 Å². The molecule has 2 heterocycles. The number of rotatable bonds is 4. The highest BCUT2D eigenvalue weighted by Gasteiger charge is 2.34. The molecule has 3 aromatic carbocycles. The van der Waals surface area contributed by atoms with E-state index in [9.17, 15) is 18.0 Å². The van der Waals surface area contributed by atoms with Crippen LogP contribution >= 0.6 is 11.8 Å². The summed E-state index contributed by atoms with van der Waals surface area (Å²) in [6, 6.07) is 19.1. The molecule has 5 rings (SSSR count). The Labute approximate surface area is 190 Å². The van der Waals surface area contributed by atoms with Crippen LogP contribution in [-0.4, -0.2) is 19.5 Å². The molecule has 0 spiro atoms. The Morgan fingerprint density at radius 3 is 2.27 bits per heavy atom. The Hall–Kier alpha value is -3.72. The van der Waals surface area contributed by atoms with E-state index in [0.29, 0.717) is 10.5 Å². The molecule has 0 aliphatic heterocycles. The van der Waals surface area contributed by atoms with Gasteiger partial charge in [0, 0.05) is 5.39 Å². The fraction of sp³-hybridized carbons (Fsp3) is 0.0833. The average molecular weight is 464 g/mol. The van der Waals surface area contributed by atoms with Crippen LogP contribution in [0, 0.1) is 0 Å². The zero-order valence-corrected chi connectivity index (χ0v) is 17.8. The van der Waals surface area contributed by atoms with E-state index in [-0.39, 0.29) is 22.7 Å². The number of hydrogen-bond acceptors (Lipinski definition) is 5. The lowest BCUT2D eigenvalue weighted by atomic mass is 10.1. The lowest BCUT2D eigenvalue weighted by Crippen LogP contribution is -2.26. The maximum Gasteiger partial charge on any atom is 0.418 e. The van der Waals surface area contributed by atoms with Gasteiger partial charge in [-0.25, -0.2) is 15.0 Å². The minimum Gasteiger partial charge on any atom is -0.268 e. The zero-order valence-electron chi connectivity index (χ0n) is 17.0. The molecule has 5 nitrogen and oxygen atoms in total.